The van der Waals surface area contributed by atoms with Crippen molar-refractivity contribution in [2.75, 3.05) is 14.2 Å². The topological polar surface area (TPSA) is 68.9 Å². The maximum Gasteiger partial charge on any atom is 0.339 e. The van der Waals surface area contributed by atoms with E-state index in [1.807, 2.05) is 6.92 Å². The Balaban J connectivity index is 2.61. The molecule has 1 aromatic heterocycles. The van der Waals surface area contributed by atoms with Crippen LogP contribution in [0, 0.1) is 0 Å². The van der Waals surface area contributed by atoms with Crippen LogP contribution in [0.5, 0.6) is 11.5 Å². The molecule has 2 rings (SSSR count). The fraction of sp³-hybridized carbons (Fsp3) is 0.267. The van der Waals surface area contributed by atoms with E-state index in [0.717, 1.165) is 0 Å². The molecule has 0 fully saturated rings. The molecule has 0 unspecified atom stereocenters. The lowest BCUT2D eigenvalue weighted by Crippen LogP contribution is -2.00. The van der Waals surface area contributed by atoms with Gasteiger partial charge in [0.25, 0.3) is 0 Å². The number of ether oxygens (including phenoxy) is 2. The quantitative estimate of drug-likeness (QED) is 0.908. The molecule has 0 saturated carbocycles. The largest absolute Gasteiger partial charge is 0.497 e. The van der Waals surface area contributed by atoms with Crippen LogP contribution in [0.4, 0.5) is 0 Å². The van der Waals surface area contributed by atoms with Gasteiger partial charge in [-0.25, -0.2) is 4.79 Å². The summed E-state index contributed by atoms with van der Waals surface area (Å²) in [6.07, 6.45) is 2.07. The van der Waals surface area contributed by atoms with Gasteiger partial charge in [-0.3, -0.25) is 0 Å². The molecule has 0 aliphatic heterocycles. The van der Waals surface area contributed by atoms with Gasteiger partial charge in [0.15, 0.2) is 0 Å². The summed E-state index contributed by atoms with van der Waals surface area (Å²) in [4.78, 5) is 11.4. The van der Waals surface area contributed by atoms with E-state index in [-0.39, 0.29) is 5.56 Å². The second-order valence-corrected chi connectivity index (χ2v) is 4.23. The summed E-state index contributed by atoms with van der Waals surface area (Å²) in [5.41, 5.74) is 1.45. The minimum Gasteiger partial charge on any atom is -0.497 e. The number of hydrogen-bond acceptors (Lipinski definition) is 4. The van der Waals surface area contributed by atoms with Crippen LogP contribution in [0.2, 0.25) is 0 Å². The third-order valence-electron chi connectivity index (χ3n) is 3.08. The van der Waals surface area contributed by atoms with Crippen molar-refractivity contribution < 1.29 is 23.8 Å². The van der Waals surface area contributed by atoms with Crippen LogP contribution in [0.3, 0.4) is 0 Å². The number of hydrogen-bond donors (Lipinski definition) is 1. The van der Waals surface area contributed by atoms with Crippen molar-refractivity contribution in [1.82, 2.24) is 0 Å². The zero-order chi connectivity index (χ0) is 14.7. The number of rotatable bonds is 5. The average molecular weight is 276 g/mol. The summed E-state index contributed by atoms with van der Waals surface area (Å²) in [6, 6.07) is 5.15. The number of aryl methyl sites for hydroxylation is 1. The van der Waals surface area contributed by atoms with Gasteiger partial charge in [0, 0.05) is 17.2 Å². The molecule has 2 aromatic rings. The van der Waals surface area contributed by atoms with Gasteiger partial charge in [0.1, 0.15) is 22.8 Å². The number of carboxylic acids is 1. The van der Waals surface area contributed by atoms with Gasteiger partial charge in [-0.1, -0.05) is 6.92 Å². The van der Waals surface area contributed by atoms with E-state index in [4.69, 9.17) is 13.9 Å². The Kier molecular flexibility index (Phi) is 3.98. The van der Waals surface area contributed by atoms with Crippen LogP contribution in [0.15, 0.2) is 28.9 Å². The maximum atomic E-state index is 11.4. The van der Waals surface area contributed by atoms with Crippen molar-refractivity contribution in [2.45, 2.75) is 13.3 Å². The second-order valence-electron chi connectivity index (χ2n) is 4.23. The van der Waals surface area contributed by atoms with E-state index >= 15 is 0 Å². The molecule has 1 aromatic carbocycles. The normalized spacial score (nSPS) is 10.3. The molecule has 1 N–H and O–H groups in total. The van der Waals surface area contributed by atoms with Crippen LogP contribution < -0.4 is 9.47 Å². The number of carboxylic acid groups (broad SMARTS) is 1. The first-order chi connectivity index (χ1) is 9.60. The fourth-order valence-corrected chi connectivity index (χ4v) is 2.04. The minimum atomic E-state index is -1.01. The highest BCUT2D eigenvalue weighted by Gasteiger charge is 2.21. The number of aromatic carboxylic acids is 1. The first-order valence-corrected chi connectivity index (χ1v) is 6.17. The molecule has 0 aliphatic carbocycles. The number of methoxy groups -OCH3 is 2. The summed E-state index contributed by atoms with van der Waals surface area (Å²) in [5, 5.41) is 9.36. The minimum absolute atomic E-state index is 0.183. The maximum absolute atomic E-state index is 11.4. The van der Waals surface area contributed by atoms with Crippen molar-refractivity contribution in [1.29, 1.82) is 0 Å². The van der Waals surface area contributed by atoms with Crippen LogP contribution in [-0.2, 0) is 6.42 Å². The molecule has 20 heavy (non-hydrogen) atoms. The highest BCUT2D eigenvalue weighted by molar-refractivity contribution is 5.96. The third-order valence-corrected chi connectivity index (χ3v) is 3.08. The van der Waals surface area contributed by atoms with E-state index in [1.54, 1.807) is 18.2 Å². The zero-order valence-corrected chi connectivity index (χ0v) is 11.6. The molecule has 0 atom stereocenters. The van der Waals surface area contributed by atoms with Gasteiger partial charge in [0.2, 0.25) is 0 Å². The second kappa shape index (κ2) is 5.69. The molecular formula is C15H16O5. The average Bonchev–Trinajstić information content (AvgIpc) is 2.90. The standard InChI is InChI=1S/C15H16O5/c1-4-9-8-20-14(13(9)15(16)17)10-5-11(18-2)7-12(6-10)19-3/h5-8H,4H2,1-3H3,(H,16,17). The molecule has 0 saturated heterocycles. The number of benzene rings is 1. The van der Waals surface area contributed by atoms with E-state index in [9.17, 15) is 9.90 Å². The van der Waals surface area contributed by atoms with E-state index in [0.29, 0.717) is 34.8 Å². The van der Waals surface area contributed by atoms with Crippen LogP contribution >= 0.6 is 0 Å². The smallest absolute Gasteiger partial charge is 0.339 e. The molecule has 0 aliphatic rings. The lowest BCUT2D eigenvalue weighted by Gasteiger charge is -2.07. The van der Waals surface area contributed by atoms with Gasteiger partial charge in [-0.2, -0.15) is 0 Å². The monoisotopic (exact) mass is 276 g/mol. The summed E-state index contributed by atoms with van der Waals surface area (Å²) in [6.45, 7) is 1.88. The van der Waals surface area contributed by atoms with Gasteiger partial charge in [-0.15, -0.1) is 0 Å². The van der Waals surface area contributed by atoms with E-state index < -0.39 is 5.97 Å². The Morgan fingerprint density at radius 1 is 1.20 bits per heavy atom. The Bertz CT molecular complexity index is 605. The van der Waals surface area contributed by atoms with Crippen LogP contribution in [0.1, 0.15) is 22.8 Å². The molecule has 1 heterocycles. The SMILES string of the molecule is CCc1coc(-c2cc(OC)cc(OC)c2)c1C(=O)O. The summed E-state index contributed by atoms with van der Waals surface area (Å²) < 4.78 is 15.8. The molecule has 0 amide bonds. The van der Waals surface area contributed by atoms with Crippen molar-refractivity contribution in [2.24, 2.45) is 0 Å². The zero-order valence-electron chi connectivity index (χ0n) is 11.6. The lowest BCUT2D eigenvalue weighted by atomic mass is 10.0. The van der Waals surface area contributed by atoms with Crippen molar-refractivity contribution in [3.8, 4) is 22.8 Å². The highest BCUT2D eigenvalue weighted by Crippen LogP contribution is 2.34. The lowest BCUT2D eigenvalue weighted by molar-refractivity contribution is 0.0696. The summed E-state index contributed by atoms with van der Waals surface area (Å²) >= 11 is 0. The van der Waals surface area contributed by atoms with Crippen LogP contribution in [0.25, 0.3) is 11.3 Å². The van der Waals surface area contributed by atoms with E-state index in [2.05, 4.69) is 0 Å². The Morgan fingerprint density at radius 3 is 2.25 bits per heavy atom. The Morgan fingerprint density at radius 2 is 1.80 bits per heavy atom. The van der Waals surface area contributed by atoms with E-state index in [1.165, 1.54) is 20.5 Å². The number of carbonyl (C=O) groups is 1. The van der Waals surface area contributed by atoms with Crippen molar-refractivity contribution in [3.05, 3.63) is 35.6 Å². The first-order valence-electron chi connectivity index (χ1n) is 6.17. The third kappa shape index (κ3) is 2.47. The Labute approximate surface area is 116 Å². The predicted octanol–water partition coefficient (Wildman–Crippen LogP) is 3.22. The van der Waals surface area contributed by atoms with Gasteiger partial charge < -0.3 is 19.0 Å². The molecule has 0 spiro atoms. The first kappa shape index (κ1) is 14.0. The fourth-order valence-electron chi connectivity index (χ4n) is 2.04. The molecule has 0 bridgehead atoms. The molecule has 5 nitrogen and oxygen atoms in total. The van der Waals surface area contributed by atoms with Gasteiger partial charge in [0.05, 0.1) is 20.5 Å². The summed E-state index contributed by atoms with van der Waals surface area (Å²) in [5.74, 6) is 0.453. The van der Waals surface area contributed by atoms with Crippen LogP contribution in [-0.4, -0.2) is 25.3 Å². The molecule has 106 valence electrons. The van der Waals surface area contributed by atoms with Gasteiger partial charge in [-0.05, 0) is 18.6 Å². The highest BCUT2D eigenvalue weighted by atomic mass is 16.5. The van der Waals surface area contributed by atoms with Gasteiger partial charge >= 0.3 is 5.97 Å². The molecular weight excluding hydrogens is 260 g/mol. The molecule has 0 radical (unpaired) electrons. The van der Waals surface area contributed by atoms with Crippen molar-refractivity contribution >= 4 is 5.97 Å². The Hall–Kier alpha value is -2.43. The number of furan rings is 1. The summed E-state index contributed by atoms with van der Waals surface area (Å²) in [7, 11) is 3.08. The molecule has 5 heteroatoms. The van der Waals surface area contributed by atoms with Crippen molar-refractivity contribution in [3.63, 3.8) is 0 Å². The predicted molar refractivity (Wildman–Crippen MR) is 73.6 cm³/mol.